The largest absolute Gasteiger partial charge is 0.480 e. The van der Waals surface area contributed by atoms with Gasteiger partial charge >= 0.3 is 5.97 Å². The molecular weight excluding hydrogens is 656 g/mol. The van der Waals surface area contributed by atoms with Crippen LogP contribution in [0.1, 0.15) is 53.4 Å². The molecule has 0 bridgehead atoms. The van der Waals surface area contributed by atoms with Gasteiger partial charge in [0, 0.05) is 6.42 Å². The van der Waals surface area contributed by atoms with Crippen molar-refractivity contribution in [1.29, 1.82) is 0 Å². The van der Waals surface area contributed by atoms with E-state index in [0.717, 1.165) is 0 Å². The van der Waals surface area contributed by atoms with Crippen molar-refractivity contribution in [2.75, 3.05) is 25.1 Å². The lowest BCUT2D eigenvalue weighted by Crippen LogP contribution is -2.62. The summed E-state index contributed by atoms with van der Waals surface area (Å²) in [5, 5.41) is 42.9. The number of hydrogen-bond donors (Lipinski definition) is 11. The SMILES string of the molecule is CSCC[C@H](N)C(=O)N[C@H](C(=O)N[C@H](C(=O)N[C@@H](CC(C)C)C(=O)N[C@@H](CCC(N)=O)C(=O)NCC(=O)NCC(=O)O)[C@@H](C)O)[C@@H](C)O. The number of aliphatic hydroxyl groups excluding tert-OH is 2. The van der Waals surface area contributed by atoms with E-state index >= 15 is 0 Å². The van der Waals surface area contributed by atoms with Crippen LogP contribution in [-0.4, -0.2) is 130 Å². The fourth-order valence-electron chi connectivity index (χ4n) is 4.01. The molecule has 0 aliphatic heterocycles. The minimum absolute atomic E-state index is 0.0140. The minimum atomic E-state index is -1.67. The molecule has 48 heavy (non-hydrogen) atoms. The molecule has 0 saturated heterocycles. The van der Waals surface area contributed by atoms with Crippen molar-refractivity contribution in [3.63, 3.8) is 0 Å². The third-order valence-electron chi connectivity index (χ3n) is 6.61. The lowest BCUT2D eigenvalue weighted by molar-refractivity contribution is -0.138. The Hall–Kier alpha value is -4.01. The summed E-state index contributed by atoms with van der Waals surface area (Å²) < 4.78 is 0. The van der Waals surface area contributed by atoms with Gasteiger partial charge in [-0.05, 0) is 51.0 Å². The molecule has 0 aliphatic carbocycles. The van der Waals surface area contributed by atoms with Crippen molar-refractivity contribution in [3.8, 4) is 0 Å². The Morgan fingerprint density at radius 2 is 1.21 bits per heavy atom. The molecule has 0 unspecified atom stereocenters. The van der Waals surface area contributed by atoms with Gasteiger partial charge in [0.15, 0.2) is 0 Å². The zero-order valence-electron chi connectivity index (χ0n) is 27.7. The molecule has 7 amide bonds. The van der Waals surface area contributed by atoms with Gasteiger partial charge in [0.25, 0.3) is 0 Å². The molecule has 19 nitrogen and oxygen atoms in total. The van der Waals surface area contributed by atoms with E-state index in [4.69, 9.17) is 16.6 Å². The number of carboxylic acids is 1. The molecule has 13 N–H and O–H groups in total. The van der Waals surface area contributed by atoms with Crippen molar-refractivity contribution in [2.45, 2.75) is 95.8 Å². The number of thioether (sulfide) groups is 1. The highest BCUT2D eigenvalue weighted by Gasteiger charge is 2.35. The van der Waals surface area contributed by atoms with Gasteiger partial charge in [-0.3, -0.25) is 38.4 Å². The Balaban J connectivity index is 5.86. The molecule has 0 rings (SSSR count). The van der Waals surface area contributed by atoms with Crippen molar-refractivity contribution >= 4 is 59.1 Å². The van der Waals surface area contributed by atoms with Gasteiger partial charge in [0.05, 0.1) is 24.8 Å². The molecule has 0 heterocycles. The molecule has 0 radical (unpaired) electrons. The zero-order chi connectivity index (χ0) is 37.1. The second kappa shape index (κ2) is 22.5. The summed E-state index contributed by atoms with van der Waals surface area (Å²) in [5.74, 6) is -7.12. The first kappa shape index (κ1) is 44.0. The van der Waals surface area contributed by atoms with E-state index in [-0.39, 0.29) is 25.2 Å². The lowest BCUT2D eigenvalue weighted by atomic mass is 10.0. The van der Waals surface area contributed by atoms with E-state index < -0.39 is 103 Å². The van der Waals surface area contributed by atoms with Crippen molar-refractivity contribution in [1.82, 2.24) is 31.9 Å². The Bertz CT molecular complexity index is 1140. The van der Waals surface area contributed by atoms with Gasteiger partial charge in [-0.2, -0.15) is 11.8 Å². The maximum Gasteiger partial charge on any atom is 0.322 e. The highest BCUT2D eigenvalue weighted by molar-refractivity contribution is 7.98. The molecule has 0 saturated carbocycles. The second-order valence-corrected chi connectivity index (χ2v) is 12.5. The number of carbonyl (C=O) groups excluding carboxylic acids is 7. The van der Waals surface area contributed by atoms with Crippen LogP contribution in [0.3, 0.4) is 0 Å². The number of primary amides is 1. The second-order valence-electron chi connectivity index (χ2n) is 11.5. The number of hydrogen-bond acceptors (Lipinski definition) is 12. The Labute approximate surface area is 282 Å². The van der Waals surface area contributed by atoms with Gasteiger partial charge in [0.2, 0.25) is 41.4 Å². The number of nitrogens with two attached hydrogens (primary N) is 2. The van der Waals surface area contributed by atoms with Crippen LogP contribution in [-0.2, 0) is 38.4 Å². The van der Waals surface area contributed by atoms with Crippen LogP contribution < -0.4 is 43.4 Å². The summed E-state index contributed by atoms with van der Waals surface area (Å²) in [7, 11) is 0. The molecule has 274 valence electrons. The van der Waals surface area contributed by atoms with E-state index in [9.17, 15) is 48.6 Å². The molecular formula is C28H50N8O11S. The molecule has 0 aromatic heterocycles. The Morgan fingerprint density at radius 3 is 1.69 bits per heavy atom. The summed E-state index contributed by atoms with van der Waals surface area (Å²) in [6, 6.07) is -6.92. The predicted molar refractivity (Wildman–Crippen MR) is 174 cm³/mol. The number of rotatable bonds is 23. The average Bonchev–Trinajstić information content (AvgIpc) is 2.99. The van der Waals surface area contributed by atoms with E-state index in [0.29, 0.717) is 12.2 Å². The van der Waals surface area contributed by atoms with Gasteiger partial charge in [0.1, 0.15) is 30.7 Å². The number of aliphatic hydroxyl groups is 2. The standard InChI is InChI=1S/C28H50N8O11S/c1-13(2)10-18(26(45)33-17(6-7-19(30)39)25(44)32-11-20(40)31-12-21(41)42)34-27(46)22(14(3)37)36-28(47)23(15(4)38)35-24(43)16(29)8-9-48-5/h13-18,22-23,37-38H,6-12,29H2,1-5H3,(H2,30,39)(H,31,40)(H,32,44)(H,33,45)(H,34,46)(H,35,43)(H,36,47)(H,41,42)/t14-,15-,16+,17+,18+,22+,23+/m1/s1. The Kier molecular flexibility index (Phi) is 20.7. The maximum absolute atomic E-state index is 13.4. The predicted octanol–water partition coefficient (Wildman–Crippen LogP) is -4.60. The smallest absolute Gasteiger partial charge is 0.322 e. The maximum atomic E-state index is 13.4. The molecule has 0 fully saturated rings. The summed E-state index contributed by atoms with van der Waals surface area (Å²) in [5.41, 5.74) is 11.0. The number of carbonyl (C=O) groups is 8. The molecule has 20 heteroatoms. The summed E-state index contributed by atoms with van der Waals surface area (Å²) in [6.07, 6.45) is -1.44. The first-order valence-corrected chi connectivity index (χ1v) is 16.6. The van der Waals surface area contributed by atoms with Crippen LogP contribution in [0.15, 0.2) is 0 Å². The van der Waals surface area contributed by atoms with Crippen LogP contribution in [0.25, 0.3) is 0 Å². The van der Waals surface area contributed by atoms with Crippen molar-refractivity contribution in [3.05, 3.63) is 0 Å². The highest BCUT2D eigenvalue weighted by atomic mass is 32.2. The molecule has 7 atom stereocenters. The molecule has 0 aromatic rings. The molecule has 0 aliphatic rings. The van der Waals surface area contributed by atoms with E-state index in [1.807, 2.05) is 11.6 Å². The topological polar surface area (TPSA) is 321 Å². The van der Waals surface area contributed by atoms with Crippen molar-refractivity contribution in [2.24, 2.45) is 17.4 Å². The highest BCUT2D eigenvalue weighted by Crippen LogP contribution is 2.09. The van der Waals surface area contributed by atoms with Crippen LogP contribution in [0.4, 0.5) is 0 Å². The Morgan fingerprint density at radius 1 is 0.688 bits per heavy atom. The lowest BCUT2D eigenvalue weighted by Gasteiger charge is -2.29. The van der Waals surface area contributed by atoms with E-state index in [1.54, 1.807) is 13.8 Å². The summed E-state index contributed by atoms with van der Waals surface area (Å²) >= 11 is 1.46. The van der Waals surface area contributed by atoms with Crippen LogP contribution in [0, 0.1) is 5.92 Å². The molecule has 0 aromatic carbocycles. The van der Waals surface area contributed by atoms with Gasteiger partial charge < -0.3 is 58.7 Å². The fourth-order valence-corrected chi connectivity index (χ4v) is 4.50. The fraction of sp³-hybridized carbons (Fsp3) is 0.714. The van der Waals surface area contributed by atoms with Crippen LogP contribution >= 0.6 is 11.8 Å². The number of aliphatic carboxylic acids is 1. The minimum Gasteiger partial charge on any atom is -0.480 e. The van der Waals surface area contributed by atoms with Crippen LogP contribution in [0.5, 0.6) is 0 Å². The van der Waals surface area contributed by atoms with E-state index in [2.05, 4.69) is 26.6 Å². The van der Waals surface area contributed by atoms with Gasteiger partial charge in [-0.25, -0.2) is 0 Å². The quantitative estimate of drug-likeness (QED) is 0.0477. The third-order valence-corrected chi connectivity index (χ3v) is 7.25. The first-order chi connectivity index (χ1) is 22.3. The zero-order valence-corrected chi connectivity index (χ0v) is 28.6. The first-order valence-electron chi connectivity index (χ1n) is 15.2. The number of nitrogens with one attached hydrogen (secondary N) is 6. The summed E-state index contributed by atoms with van der Waals surface area (Å²) in [4.78, 5) is 98.9. The monoisotopic (exact) mass is 706 g/mol. The number of amides is 7. The van der Waals surface area contributed by atoms with Crippen LogP contribution in [0.2, 0.25) is 0 Å². The third kappa shape index (κ3) is 17.8. The average molecular weight is 707 g/mol. The van der Waals surface area contributed by atoms with Gasteiger partial charge in [-0.15, -0.1) is 0 Å². The normalized spacial score (nSPS) is 15.4. The van der Waals surface area contributed by atoms with E-state index in [1.165, 1.54) is 25.6 Å². The summed E-state index contributed by atoms with van der Waals surface area (Å²) in [6.45, 7) is 4.54. The number of carboxylic acid groups (broad SMARTS) is 1. The molecule has 0 spiro atoms. The van der Waals surface area contributed by atoms with Gasteiger partial charge in [-0.1, -0.05) is 13.8 Å². The van der Waals surface area contributed by atoms with Crippen molar-refractivity contribution < 1.29 is 53.7 Å².